The van der Waals surface area contributed by atoms with Crippen molar-refractivity contribution in [3.05, 3.63) is 0 Å². The molecule has 3 atom stereocenters. The largest absolute Gasteiger partial charge is 0.392 e. The fraction of sp³-hybridized carbons (Fsp3) is 1.00. The molecule has 0 bridgehead atoms. The Labute approximate surface area is 81.9 Å². The highest BCUT2D eigenvalue weighted by Crippen LogP contribution is 2.22. The van der Waals surface area contributed by atoms with Crippen LogP contribution >= 0.6 is 0 Å². The number of aliphatic hydroxyl groups excluding tert-OH is 1. The summed E-state index contributed by atoms with van der Waals surface area (Å²) in [4.78, 5) is 2.41. The molecule has 0 aromatic heterocycles. The molecule has 0 amide bonds. The first-order chi connectivity index (χ1) is 6.00. The molecule has 1 aliphatic heterocycles. The summed E-state index contributed by atoms with van der Waals surface area (Å²) in [5.41, 5.74) is 0. The number of likely N-dealkylation sites (tertiary alicyclic amines) is 1. The van der Waals surface area contributed by atoms with Gasteiger partial charge in [-0.1, -0.05) is 20.8 Å². The molecule has 0 spiro atoms. The molecular formula is C11H23NO. The van der Waals surface area contributed by atoms with Crippen molar-refractivity contribution < 1.29 is 5.11 Å². The van der Waals surface area contributed by atoms with Gasteiger partial charge in [0.05, 0.1) is 6.10 Å². The van der Waals surface area contributed by atoms with Crippen LogP contribution in [-0.2, 0) is 0 Å². The van der Waals surface area contributed by atoms with Crippen LogP contribution in [-0.4, -0.2) is 35.2 Å². The van der Waals surface area contributed by atoms with Crippen molar-refractivity contribution in [1.29, 1.82) is 0 Å². The third-order valence-electron chi connectivity index (χ3n) is 3.10. The molecule has 1 N–H and O–H groups in total. The van der Waals surface area contributed by atoms with Crippen molar-refractivity contribution in [2.75, 3.05) is 13.1 Å². The van der Waals surface area contributed by atoms with Gasteiger partial charge in [-0.05, 0) is 25.2 Å². The van der Waals surface area contributed by atoms with Gasteiger partial charge in [0.1, 0.15) is 0 Å². The summed E-state index contributed by atoms with van der Waals surface area (Å²) in [5, 5.41) is 9.75. The van der Waals surface area contributed by atoms with Gasteiger partial charge in [0.25, 0.3) is 0 Å². The summed E-state index contributed by atoms with van der Waals surface area (Å²) in [6.45, 7) is 10.7. The highest BCUT2D eigenvalue weighted by molar-refractivity contribution is 4.82. The Bertz CT molecular complexity index is 158. The van der Waals surface area contributed by atoms with Crippen LogP contribution in [0, 0.1) is 11.8 Å². The van der Waals surface area contributed by atoms with E-state index in [2.05, 4.69) is 32.6 Å². The highest BCUT2D eigenvalue weighted by Gasteiger charge is 2.27. The molecule has 1 saturated heterocycles. The van der Waals surface area contributed by atoms with Crippen molar-refractivity contribution in [3.8, 4) is 0 Å². The first kappa shape index (κ1) is 11.0. The highest BCUT2D eigenvalue weighted by atomic mass is 16.3. The van der Waals surface area contributed by atoms with E-state index >= 15 is 0 Å². The lowest BCUT2D eigenvalue weighted by atomic mass is 10.1. The fourth-order valence-electron chi connectivity index (χ4n) is 2.09. The first-order valence-corrected chi connectivity index (χ1v) is 5.42. The normalized spacial score (nSPS) is 32.8. The molecule has 0 aliphatic carbocycles. The second kappa shape index (κ2) is 4.43. The Hall–Kier alpha value is -0.0800. The molecule has 0 aromatic rings. The van der Waals surface area contributed by atoms with E-state index in [1.54, 1.807) is 0 Å². The van der Waals surface area contributed by atoms with Gasteiger partial charge in [-0.15, -0.1) is 0 Å². The Morgan fingerprint density at radius 3 is 2.38 bits per heavy atom. The van der Waals surface area contributed by atoms with Crippen molar-refractivity contribution in [2.24, 2.45) is 11.8 Å². The summed E-state index contributed by atoms with van der Waals surface area (Å²) >= 11 is 0. The molecular weight excluding hydrogens is 162 g/mol. The number of hydrogen-bond donors (Lipinski definition) is 1. The van der Waals surface area contributed by atoms with Crippen LogP contribution in [0.5, 0.6) is 0 Å². The number of rotatable bonds is 3. The summed E-state index contributed by atoms with van der Waals surface area (Å²) < 4.78 is 0. The standard InChI is InChI=1S/C11H23NO/c1-8(2)11(13)7-12-6-9(3)5-10(12)4/h8-11,13H,5-7H2,1-4H3. The van der Waals surface area contributed by atoms with Crippen LogP contribution in [0.15, 0.2) is 0 Å². The topological polar surface area (TPSA) is 23.5 Å². The van der Waals surface area contributed by atoms with Crippen molar-refractivity contribution in [1.82, 2.24) is 4.90 Å². The Morgan fingerprint density at radius 1 is 1.38 bits per heavy atom. The Balaban J connectivity index is 2.36. The van der Waals surface area contributed by atoms with E-state index in [1.807, 2.05) is 0 Å². The average molecular weight is 185 g/mol. The van der Waals surface area contributed by atoms with Crippen molar-refractivity contribution >= 4 is 0 Å². The minimum atomic E-state index is -0.159. The summed E-state index contributed by atoms with van der Waals surface area (Å²) in [6, 6.07) is 0.656. The van der Waals surface area contributed by atoms with Crippen LogP contribution in [0.4, 0.5) is 0 Å². The molecule has 2 heteroatoms. The van der Waals surface area contributed by atoms with E-state index in [-0.39, 0.29) is 6.10 Å². The van der Waals surface area contributed by atoms with Crippen LogP contribution in [0.25, 0.3) is 0 Å². The molecule has 78 valence electrons. The van der Waals surface area contributed by atoms with Crippen LogP contribution in [0.3, 0.4) is 0 Å². The lowest BCUT2D eigenvalue weighted by Crippen LogP contribution is -2.37. The lowest BCUT2D eigenvalue weighted by Gasteiger charge is -2.25. The maximum atomic E-state index is 9.75. The third kappa shape index (κ3) is 2.96. The van der Waals surface area contributed by atoms with Gasteiger partial charge < -0.3 is 5.11 Å². The molecule has 1 heterocycles. The minimum absolute atomic E-state index is 0.159. The molecule has 1 aliphatic rings. The van der Waals surface area contributed by atoms with Crippen molar-refractivity contribution in [3.63, 3.8) is 0 Å². The number of nitrogens with zero attached hydrogens (tertiary/aromatic N) is 1. The molecule has 2 nitrogen and oxygen atoms in total. The van der Waals surface area contributed by atoms with E-state index < -0.39 is 0 Å². The van der Waals surface area contributed by atoms with Gasteiger partial charge in [0, 0.05) is 19.1 Å². The van der Waals surface area contributed by atoms with Gasteiger partial charge in [0.2, 0.25) is 0 Å². The predicted octanol–water partition coefficient (Wildman–Crippen LogP) is 1.73. The monoisotopic (exact) mass is 185 g/mol. The zero-order valence-electron chi connectivity index (χ0n) is 9.33. The second-order valence-electron chi connectivity index (χ2n) is 4.96. The SMILES string of the molecule is CC1CC(C)N(CC(O)C(C)C)C1. The Morgan fingerprint density at radius 2 is 2.00 bits per heavy atom. The van der Waals surface area contributed by atoms with Gasteiger partial charge in [-0.3, -0.25) is 4.90 Å². The first-order valence-electron chi connectivity index (χ1n) is 5.42. The molecule has 0 radical (unpaired) electrons. The van der Waals surface area contributed by atoms with Crippen LogP contribution in [0.2, 0.25) is 0 Å². The zero-order chi connectivity index (χ0) is 10.0. The smallest absolute Gasteiger partial charge is 0.0690 e. The molecule has 13 heavy (non-hydrogen) atoms. The Kier molecular flexibility index (Phi) is 3.74. The fourth-order valence-corrected chi connectivity index (χ4v) is 2.09. The summed E-state index contributed by atoms with van der Waals surface area (Å²) in [7, 11) is 0. The van der Waals surface area contributed by atoms with E-state index in [0.29, 0.717) is 12.0 Å². The van der Waals surface area contributed by atoms with Gasteiger partial charge >= 0.3 is 0 Å². The van der Waals surface area contributed by atoms with Gasteiger partial charge in [-0.2, -0.15) is 0 Å². The quantitative estimate of drug-likeness (QED) is 0.724. The number of aliphatic hydroxyl groups is 1. The van der Waals surface area contributed by atoms with E-state index in [0.717, 1.165) is 19.0 Å². The van der Waals surface area contributed by atoms with E-state index in [9.17, 15) is 5.11 Å². The van der Waals surface area contributed by atoms with Crippen LogP contribution in [0.1, 0.15) is 34.1 Å². The predicted molar refractivity (Wildman–Crippen MR) is 55.7 cm³/mol. The van der Waals surface area contributed by atoms with Crippen molar-refractivity contribution in [2.45, 2.75) is 46.3 Å². The average Bonchev–Trinajstić information content (AvgIpc) is 2.30. The van der Waals surface area contributed by atoms with Crippen LogP contribution < -0.4 is 0 Å². The van der Waals surface area contributed by atoms with Gasteiger partial charge in [-0.25, -0.2) is 0 Å². The zero-order valence-corrected chi connectivity index (χ0v) is 9.33. The molecule has 0 aromatic carbocycles. The lowest BCUT2D eigenvalue weighted by molar-refractivity contribution is 0.0730. The van der Waals surface area contributed by atoms with E-state index in [1.165, 1.54) is 6.42 Å². The molecule has 3 unspecified atom stereocenters. The summed E-state index contributed by atoms with van der Waals surface area (Å²) in [6.07, 6.45) is 1.12. The summed E-state index contributed by atoms with van der Waals surface area (Å²) in [5.74, 6) is 1.18. The third-order valence-corrected chi connectivity index (χ3v) is 3.10. The number of hydrogen-bond acceptors (Lipinski definition) is 2. The molecule has 1 rings (SSSR count). The minimum Gasteiger partial charge on any atom is -0.392 e. The van der Waals surface area contributed by atoms with E-state index in [4.69, 9.17) is 0 Å². The number of β-amino-alcohol motifs (C(OH)–C–C–N with tert-alkyl or cyclic N) is 1. The second-order valence-corrected chi connectivity index (χ2v) is 4.96. The molecule has 1 fully saturated rings. The maximum absolute atomic E-state index is 9.75. The van der Waals surface area contributed by atoms with Gasteiger partial charge in [0.15, 0.2) is 0 Å². The maximum Gasteiger partial charge on any atom is 0.0690 e. The molecule has 0 saturated carbocycles.